The van der Waals surface area contributed by atoms with Crippen LogP contribution in [0.5, 0.6) is 0 Å². The Morgan fingerprint density at radius 2 is 1.97 bits per heavy atom. The molecule has 0 radical (unpaired) electrons. The van der Waals surface area contributed by atoms with E-state index in [0.717, 1.165) is 22.3 Å². The summed E-state index contributed by atoms with van der Waals surface area (Å²) in [5, 5.41) is 7.36. The number of aromatic nitrogens is 3. The van der Waals surface area contributed by atoms with Crippen LogP contribution < -0.4 is 0 Å². The van der Waals surface area contributed by atoms with E-state index < -0.39 is 0 Å². The lowest BCUT2D eigenvalue weighted by Crippen LogP contribution is -2.30. The highest BCUT2D eigenvalue weighted by atomic mass is 32.1. The number of fused-ring (bicyclic) bond motifs is 1. The number of hydrogen-bond donors (Lipinski definition) is 0. The lowest BCUT2D eigenvalue weighted by molar-refractivity contribution is 0.0756. The standard InChI is InChI=1S/C23H24N4OS/c1-4-26(15-18-11-8-12-29-18)23(28)19-13-21(17-9-6-5-7-10-17)25-22-20(19)14-24-27(22)16(2)3/h5-14,16H,4,15H2,1-3H3. The molecule has 4 aromatic rings. The van der Waals surface area contributed by atoms with Gasteiger partial charge in [-0.15, -0.1) is 11.3 Å². The Balaban J connectivity index is 1.84. The number of thiophene rings is 1. The Kier molecular flexibility index (Phi) is 5.45. The first-order valence-electron chi connectivity index (χ1n) is 9.83. The van der Waals surface area contributed by atoms with Crippen molar-refractivity contribution in [1.82, 2.24) is 19.7 Å². The molecule has 0 fully saturated rings. The molecule has 6 heteroatoms. The van der Waals surface area contributed by atoms with Crippen molar-refractivity contribution in [2.45, 2.75) is 33.4 Å². The highest BCUT2D eigenvalue weighted by Gasteiger charge is 2.22. The first-order valence-corrected chi connectivity index (χ1v) is 10.7. The van der Waals surface area contributed by atoms with Crippen LogP contribution in [0, 0.1) is 0 Å². The Labute approximate surface area is 174 Å². The molecule has 3 aromatic heterocycles. The van der Waals surface area contributed by atoms with Gasteiger partial charge in [-0.3, -0.25) is 4.79 Å². The molecule has 148 valence electrons. The Hall–Kier alpha value is -2.99. The fraction of sp³-hybridized carbons (Fsp3) is 0.261. The SMILES string of the molecule is CCN(Cc1cccs1)C(=O)c1cc(-c2ccccc2)nc2c1cnn2C(C)C. The minimum atomic E-state index is 0.00814. The van der Waals surface area contributed by atoms with Gasteiger partial charge in [0.1, 0.15) is 0 Å². The van der Waals surface area contributed by atoms with E-state index in [2.05, 4.69) is 25.0 Å². The van der Waals surface area contributed by atoms with Crippen molar-refractivity contribution in [2.24, 2.45) is 0 Å². The van der Waals surface area contributed by atoms with Gasteiger partial charge in [-0.1, -0.05) is 36.4 Å². The lowest BCUT2D eigenvalue weighted by atomic mass is 10.1. The fourth-order valence-corrected chi connectivity index (χ4v) is 4.14. The van der Waals surface area contributed by atoms with Crippen LogP contribution in [0.1, 0.15) is 42.0 Å². The van der Waals surface area contributed by atoms with Crippen molar-refractivity contribution in [3.63, 3.8) is 0 Å². The largest absolute Gasteiger partial charge is 0.334 e. The summed E-state index contributed by atoms with van der Waals surface area (Å²) in [6.07, 6.45) is 1.77. The maximum atomic E-state index is 13.5. The molecular weight excluding hydrogens is 380 g/mol. The van der Waals surface area contributed by atoms with Crippen molar-refractivity contribution in [2.75, 3.05) is 6.54 Å². The first kappa shape index (κ1) is 19.3. The van der Waals surface area contributed by atoms with Gasteiger partial charge in [-0.25, -0.2) is 9.67 Å². The van der Waals surface area contributed by atoms with Crippen LogP contribution in [-0.4, -0.2) is 32.1 Å². The molecule has 0 spiro atoms. The predicted molar refractivity (Wildman–Crippen MR) is 118 cm³/mol. The minimum absolute atomic E-state index is 0.00814. The summed E-state index contributed by atoms with van der Waals surface area (Å²) < 4.78 is 1.88. The van der Waals surface area contributed by atoms with Crippen LogP contribution in [0.15, 0.2) is 60.1 Å². The molecule has 0 saturated carbocycles. The van der Waals surface area contributed by atoms with E-state index in [-0.39, 0.29) is 11.9 Å². The second-order valence-electron chi connectivity index (χ2n) is 7.24. The van der Waals surface area contributed by atoms with Gasteiger partial charge in [0.25, 0.3) is 5.91 Å². The molecular formula is C23H24N4OS. The Bertz CT molecular complexity index is 1120. The van der Waals surface area contributed by atoms with Crippen molar-refractivity contribution < 1.29 is 4.79 Å². The van der Waals surface area contributed by atoms with Crippen LogP contribution in [-0.2, 0) is 6.54 Å². The van der Waals surface area contributed by atoms with Crippen LogP contribution >= 0.6 is 11.3 Å². The predicted octanol–water partition coefficient (Wildman–Crippen LogP) is 5.40. The maximum absolute atomic E-state index is 13.5. The zero-order valence-corrected chi connectivity index (χ0v) is 17.7. The van der Waals surface area contributed by atoms with E-state index in [0.29, 0.717) is 18.7 Å². The maximum Gasteiger partial charge on any atom is 0.255 e. The normalized spacial score (nSPS) is 11.3. The van der Waals surface area contributed by atoms with Gasteiger partial charge in [0, 0.05) is 23.0 Å². The van der Waals surface area contributed by atoms with Gasteiger partial charge in [0.15, 0.2) is 5.65 Å². The summed E-state index contributed by atoms with van der Waals surface area (Å²) in [6, 6.07) is 16.1. The monoisotopic (exact) mass is 404 g/mol. The summed E-state index contributed by atoms with van der Waals surface area (Å²) in [6.45, 7) is 7.40. The summed E-state index contributed by atoms with van der Waals surface area (Å²) in [5.74, 6) is 0.00814. The highest BCUT2D eigenvalue weighted by molar-refractivity contribution is 7.09. The lowest BCUT2D eigenvalue weighted by Gasteiger charge is -2.21. The number of rotatable bonds is 6. The van der Waals surface area contributed by atoms with Gasteiger partial charge >= 0.3 is 0 Å². The van der Waals surface area contributed by atoms with Crippen molar-refractivity contribution in [3.05, 3.63) is 70.5 Å². The van der Waals surface area contributed by atoms with Gasteiger partial charge in [0.2, 0.25) is 0 Å². The van der Waals surface area contributed by atoms with Crippen molar-refractivity contribution in [3.8, 4) is 11.3 Å². The zero-order chi connectivity index (χ0) is 20.4. The minimum Gasteiger partial charge on any atom is -0.334 e. The van der Waals surface area contributed by atoms with E-state index in [1.54, 1.807) is 17.5 Å². The van der Waals surface area contributed by atoms with Crippen molar-refractivity contribution >= 4 is 28.3 Å². The van der Waals surface area contributed by atoms with Gasteiger partial charge < -0.3 is 4.90 Å². The van der Waals surface area contributed by atoms with E-state index >= 15 is 0 Å². The average Bonchev–Trinajstić information content (AvgIpc) is 3.41. The molecule has 4 rings (SSSR count). The number of carbonyl (C=O) groups excluding carboxylic acids is 1. The summed E-state index contributed by atoms with van der Waals surface area (Å²) >= 11 is 1.67. The molecule has 3 heterocycles. The van der Waals surface area contributed by atoms with Crippen LogP contribution in [0.4, 0.5) is 0 Å². The molecule has 0 aliphatic heterocycles. The quantitative estimate of drug-likeness (QED) is 0.432. The fourth-order valence-electron chi connectivity index (χ4n) is 3.42. The third-order valence-corrected chi connectivity index (χ3v) is 5.81. The molecule has 0 saturated heterocycles. The number of amides is 1. The molecule has 1 amide bonds. The van der Waals surface area contributed by atoms with Crippen LogP contribution in [0.3, 0.4) is 0 Å². The average molecular weight is 405 g/mol. The Morgan fingerprint density at radius 1 is 1.17 bits per heavy atom. The van der Waals surface area contributed by atoms with Gasteiger partial charge in [0.05, 0.1) is 29.4 Å². The van der Waals surface area contributed by atoms with Crippen molar-refractivity contribution in [1.29, 1.82) is 0 Å². The molecule has 0 aliphatic carbocycles. The topological polar surface area (TPSA) is 51.0 Å². The number of benzene rings is 1. The molecule has 0 aliphatic rings. The third kappa shape index (κ3) is 3.80. The van der Waals surface area contributed by atoms with Crippen LogP contribution in [0.25, 0.3) is 22.3 Å². The number of nitrogens with zero attached hydrogens (tertiary/aromatic N) is 4. The van der Waals surface area contributed by atoms with E-state index in [9.17, 15) is 4.79 Å². The second kappa shape index (κ2) is 8.17. The number of hydrogen-bond acceptors (Lipinski definition) is 4. The summed E-state index contributed by atoms with van der Waals surface area (Å²) in [4.78, 5) is 21.5. The molecule has 0 unspecified atom stereocenters. The highest BCUT2D eigenvalue weighted by Crippen LogP contribution is 2.27. The first-order chi connectivity index (χ1) is 14.1. The summed E-state index contributed by atoms with van der Waals surface area (Å²) in [5.41, 5.74) is 3.17. The molecule has 29 heavy (non-hydrogen) atoms. The van der Waals surface area contributed by atoms with E-state index in [1.807, 2.05) is 64.4 Å². The molecule has 5 nitrogen and oxygen atoms in total. The molecule has 1 aromatic carbocycles. The second-order valence-corrected chi connectivity index (χ2v) is 8.27. The number of pyridine rings is 1. The zero-order valence-electron chi connectivity index (χ0n) is 16.9. The molecule has 0 N–H and O–H groups in total. The van der Waals surface area contributed by atoms with E-state index in [4.69, 9.17) is 4.98 Å². The summed E-state index contributed by atoms with van der Waals surface area (Å²) in [7, 11) is 0. The third-order valence-electron chi connectivity index (χ3n) is 4.95. The van der Waals surface area contributed by atoms with Crippen LogP contribution in [0.2, 0.25) is 0 Å². The van der Waals surface area contributed by atoms with Gasteiger partial charge in [-0.05, 0) is 38.3 Å². The van der Waals surface area contributed by atoms with E-state index in [1.165, 1.54) is 4.88 Å². The Morgan fingerprint density at radius 3 is 2.62 bits per heavy atom. The number of carbonyl (C=O) groups is 1. The van der Waals surface area contributed by atoms with Gasteiger partial charge in [-0.2, -0.15) is 5.10 Å². The smallest absolute Gasteiger partial charge is 0.255 e. The molecule has 0 atom stereocenters. The molecule has 0 bridgehead atoms.